The molecule has 65 heavy (non-hydrogen) atoms. The van der Waals surface area contributed by atoms with Crippen LogP contribution >= 0.6 is 0 Å². The maximum Gasteiger partial charge on any atom is 0.306 e. The lowest BCUT2D eigenvalue weighted by Crippen LogP contribution is -2.46. The minimum absolute atomic E-state index is 0.0676. The van der Waals surface area contributed by atoms with Crippen LogP contribution in [0.25, 0.3) is 0 Å². The van der Waals surface area contributed by atoms with Gasteiger partial charge in [-0.05, 0) is 70.6 Å². The fourth-order valence-corrected chi connectivity index (χ4v) is 8.59. The van der Waals surface area contributed by atoms with Crippen molar-refractivity contribution in [1.29, 1.82) is 0 Å². The molecule has 0 aromatic carbocycles. The van der Waals surface area contributed by atoms with Crippen LogP contribution in [-0.2, 0) is 14.3 Å². The molecule has 1 amide bonds. The third-order valence-electron chi connectivity index (χ3n) is 12.9. The normalized spacial score (nSPS) is 13.5. The van der Waals surface area contributed by atoms with E-state index >= 15 is 0 Å². The first-order chi connectivity index (χ1) is 32.0. The standard InChI is InChI=1S/C59H109NO5/c1-4-7-10-13-16-19-22-24-26-28-29-31-33-35-37-40-43-46-49-52-59(64)65-55(50-47-44-41-38-36-34-32-30-27-25-23-20-17-14-11-8-5-2)53-58(63)60-56(54-61)57(62)51-48-45-42-39-21-18-15-12-9-6-3/h16,19,24,26,29,31,35,37,55-57,61-62H,4-15,17-18,20-23,25,27-28,30,32-34,36,38-54H2,1-3H3,(H,60,63)/b19-16-,26-24-,31-29-,37-35-. The first kappa shape index (κ1) is 62.8. The van der Waals surface area contributed by atoms with Crippen LogP contribution in [0.5, 0.6) is 0 Å². The smallest absolute Gasteiger partial charge is 0.306 e. The molecular formula is C59H109NO5. The van der Waals surface area contributed by atoms with Gasteiger partial charge in [-0.2, -0.15) is 0 Å². The Kier molecular flexibility index (Phi) is 51.0. The summed E-state index contributed by atoms with van der Waals surface area (Å²) in [4.78, 5) is 26.2. The maximum atomic E-state index is 13.2. The van der Waals surface area contributed by atoms with Crippen LogP contribution in [0, 0.1) is 0 Å². The van der Waals surface area contributed by atoms with Crippen molar-refractivity contribution >= 4 is 11.9 Å². The summed E-state index contributed by atoms with van der Waals surface area (Å²) in [6, 6.07) is -0.706. The van der Waals surface area contributed by atoms with Gasteiger partial charge in [-0.15, -0.1) is 0 Å². The largest absolute Gasteiger partial charge is 0.462 e. The van der Waals surface area contributed by atoms with Gasteiger partial charge in [0.1, 0.15) is 6.10 Å². The highest BCUT2D eigenvalue weighted by molar-refractivity contribution is 5.77. The Morgan fingerprint density at radius 2 is 0.785 bits per heavy atom. The quantitative estimate of drug-likeness (QED) is 0.0321. The van der Waals surface area contributed by atoms with Gasteiger partial charge in [-0.3, -0.25) is 9.59 Å². The second kappa shape index (κ2) is 52.8. The minimum atomic E-state index is -0.791. The van der Waals surface area contributed by atoms with Gasteiger partial charge in [0.15, 0.2) is 0 Å². The molecule has 0 rings (SSSR count). The van der Waals surface area contributed by atoms with E-state index in [0.29, 0.717) is 19.3 Å². The van der Waals surface area contributed by atoms with Crippen LogP contribution in [0.3, 0.4) is 0 Å². The van der Waals surface area contributed by atoms with E-state index in [1.54, 1.807) is 0 Å². The summed E-state index contributed by atoms with van der Waals surface area (Å²) in [5.74, 6) is -0.498. The number of aliphatic hydroxyl groups excluding tert-OH is 2. The highest BCUT2D eigenvalue weighted by Gasteiger charge is 2.24. The Hall–Kier alpha value is -2.18. The molecule has 0 saturated carbocycles. The molecule has 0 fully saturated rings. The van der Waals surface area contributed by atoms with Crippen molar-refractivity contribution in [3.63, 3.8) is 0 Å². The number of unbranched alkanes of at least 4 members (excludes halogenated alkanes) is 31. The van der Waals surface area contributed by atoms with Gasteiger partial charge in [0.05, 0.1) is 25.2 Å². The number of allylic oxidation sites excluding steroid dienone is 8. The van der Waals surface area contributed by atoms with Crippen molar-refractivity contribution in [1.82, 2.24) is 5.32 Å². The first-order valence-electron chi connectivity index (χ1n) is 28.4. The van der Waals surface area contributed by atoms with Crippen molar-refractivity contribution in [2.45, 2.75) is 309 Å². The van der Waals surface area contributed by atoms with Gasteiger partial charge in [-0.1, -0.05) is 256 Å². The zero-order chi connectivity index (χ0) is 47.4. The molecule has 0 heterocycles. The number of esters is 1. The zero-order valence-electron chi connectivity index (χ0n) is 43.4. The minimum Gasteiger partial charge on any atom is -0.462 e. The Balaban J connectivity index is 4.59. The molecule has 3 unspecified atom stereocenters. The average Bonchev–Trinajstić information content (AvgIpc) is 3.30. The molecule has 380 valence electrons. The van der Waals surface area contributed by atoms with Crippen molar-refractivity contribution in [2.24, 2.45) is 0 Å². The molecular weight excluding hydrogens is 803 g/mol. The van der Waals surface area contributed by atoms with Crippen molar-refractivity contribution < 1.29 is 24.5 Å². The second-order valence-corrected chi connectivity index (χ2v) is 19.3. The van der Waals surface area contributed by atoms with Gasteiger partial charge in [0.25, 0.3) is 0 Å². The second-order valence-electron chi connectivity index (χ2n) is 19.3. The Morgan fingerprint density at radius 1 is 0.446 bits per heavy atom. The van der Waals surface area contributed by atoms with E-state index in [1.165, 1.54) is 167 Å². The zero-order valence-corrected chi connectivity index (χ0v) is 43.4. The molecule has 6 nitrogen and oxygen atoms in total. The van der Waals surface area contributed by atoms with Gasteiger partial charge < -0.3 is 20.3 Å². The molecule has 0 spiro atoms. The van der Waals surface area contributed by atoms with Crippen LogP contribution < -0.4 is 5.32 Å². The van der Waals surface area contributed by atoms with Gasteiger partial charge >= 0.3 is 5.97 Å². The summed E-state index contributed by atoms with van der Waals surface area (Å²) in [6.45, 7) is 6.46. The van der Waals surface area contributed by atoms with Crippen LogP contribution in [0.15, 0.2) is 48.6 Å². The summed E-state index contributed by atoms with van der Waals surface area (Å²) in [5.41, 5.74) is 0. The van der Waals surface area contributed by atoms with Crippen LogP contribution in [0.4, 0.5) is 0 Å². The van der Waals surface area contributed by atoms with E-state index < -0.39 is 18.2 Å². The van der Waals surface area contributed by atoms with Crippen LogP contribution in [0.2, 0.25) is 0 Å². The molecule has 0 bridgehead atoms. The van der Waals surface area contributed by atoms with Crippen LogP contribution in [0.1, 0.15) is 290 Å². The lowest BCUT2D eigenvalue weighted by Gasteiger charge is -2.24. The third-order valence-corrected chi connectivity index (χ3v) is 12.9. The molecule has 3 atom stereocenters. The SMILES string of the molecule is CCCCC/C=C\C/C=C\C/C=C\C/C=C\CCCCCC(=O)OC(CCCCCCCCCCCCCCCCCCC)CC(=O)NC(CO)C(O)CCCCCCCCCCCC. The van der Waals surface area contributed by atoms with Gasteiger partial charge in [-0.25, -0.2) is 0 Å². The number of rotatable bonds is 51. The predicted molar refractivity (Wildman–Crippen MR) is 282 cm³/mol. The molecule has 0 aromatic heterocycles. The van der Waals surface area contributed by atoms with E-state index in [2.05, 4.69) is 74.7 Å². The summed E-state index contributed by atoms with van der Waals surface area (Å²) < 4.78 is 5.95. The maximum absolute atomic E-state index is 13.2. The number of carbonyl (C=O) groups is 2. The van der Waals surface area contributed by atoms with E-state index in [4.69, 9.17) is 4.74 Å². The predicted octanol–water partition coefficient (Wildman–Crippen LogP) is 17.4. The van der Waals surface area contributed by atoms with E-state index in [0.717, 1.165) is 77.0 Å². The Labute approximate surface area is 404 Å². The Bertz CT molecular complexity index is 1110. The first-order valence-corrected chi connectivity index (χ1v) is 28.4. The molecule has 0 saturated heterocycles. The summed E-state index contributed by atoms with van der Waals surface area (Å²) in [6.07, 6.45) is 64.6. The Morgan fingerprint density at radius 3 is 1.20 bits per heavy atom. The highest BCUT2D eigenvalue weighted by Crippen LogP contribution is 2.18. The lowest BCUT2D eigenvalue weighted by atomic mass is 10.0. The molecule has 0 radical (unpaired) electrons. The molecule has 6 heteroatoms. The number of amides is 1. The number of aliphatic hydroxyl groups is 2. The van der Waals surface area contributed by atoms with Crippen molar-refractivity contribution in [2.75, 3.05) is 6.61 Å². The van der Waals surface area contributed by atoms with E-state index in [1.807, 2.05) is 0 Å². The molecule has 0 aliphatic heterocycles. The number of ether oxygens (including phenoxy) is 1. The fraction of sp³-hybridized carbons (Fsp3) is 0.831. The van der Waals surface area contributed by atoms with E-state index in [-0.39, 0.29) is 24.9 Å². The monoisotopic (exact) mass is 912 g/mol. The molecule has 0 aliphatic carbocycles. The number of hydrogen-bond acceptors (Lipinski definition) is 5. The van der Waals surface area contributed by atoms with Gasteiger partial charge in [0, 0.05) is 6.42 Å². The van der Waals surface area contributed by atoms with E-state index in [9.17, 15) is 19.8 Å². The topological polar surface area (TPSA) is 95.9 Å². The van der Waals surface area contributed by atoms with Crippen LogP contribution in [-0.4, -0.2) is 46.9 Å². The lowest BCUT2D eigenvalue weighted by molar-refractivity contribution is -0.151. The summed E-state index contributed by atoms with van der Waals surface area (Å²) in [7, 11) is 0. The summed E-state index contributed by atoms with van der Waals surface area (Å²) >= 11 is 0. The van der Waals surface area contributed by atoms with Crippen molar-refractivity contribution in [3.05, 3.63) is 48.6 Å². The molecule has 0 aromatic rings. The van der Waals surface area contributed by atoms with Gasteiger partial charge in [0.2, 0.25) is 5.91 Å². The molecule has 3 N–H and O–H groups in total. The average molecular weight is 913 g/mol. The number of carbonyl (C=O) groups excluding carboxylic acids is 2. The fourth-order valence-electron chi connectivity index (χ4n) is 8.59. The summed E-state index contributed by atoms with van der Waals surface area (Å²) in [5, 5.41) is 23.8. The third kappa shape index (κ3) is 48.1. The highest BCUT2D eigenvalue weighted by atomic mass is 16.5. The number of nitrogens with one attached hydrogen (secondary N) is 1. The number of hydrogen-bond donors (Lipinski definition) is 3. The van der Waals surface area contributed by atoms with Crippen molar-refractivity contribution in [3.8, 4) is 0 Å². The molecule has 0 aliphatic rings.